The highest BCUT2D eigenvalue weighted by Gasteiger charge is 2.33. The van der Waals surface area contributed by atoms with Crippen LogP contribution in [0.5, 0.6) is 5.75 Å². The van der Waals surface area contributed by atoms with E-state index < -0.39 is 11.7 Å². The Bertz CT molecular complexity index is 1360. The Labute approximate surface area is 183 Å². The number of fused-ring (bicyclic) bond motifs is 4. The van der Waals surface area contributed by atoms with Crippen molar-refractivity contribution in [3.05, 3.63) is 63.2 Å². The molecule has 0 aliphatic carbocycles. The van der Waals surface area contributed by atoms with Crippen LogP contribution >= 0.6 is 27.5 Å². The SMILES string of the molecule is CN(C(=O)c1cc2c(cc1F)nc(N)c1cncn12)C1COc2cc(Cl)c(Br)cc21. The van der Waals surface area contributed by atoms with Crippen LogP contribution in [0.1, 0.15) is 22.0 Å². The van der Waals surface area contributed by atoms with Gasteiger partial charge in [-0.1, -0.05) is 11.6 Å². The molecular weight excluding hydrogens is 477 g/mol. The zero-order valence-corrected chi connectivity index (χ0v) is 17.9. The summed E-state index contributed by atoms with van der Waals surface area (Å²) in [6.45, 7) is 0.253. The second-order valence-corrected chi connectivity index (χ2v) is 8.28. The molecule has 152 valence electrons. The third-order valence-electron chi connectivity index (χ3n) is 5.29. The molecule has 0 saturated heterocycles. The number of halogens is 3. The number of aromatic nitrogens is 3. The van der Waals surface area contributed by atoms with Crippen molar-refractivity contribution in [1.82, 2.24) is 19.3 Å². The number of hydrogen-bond acceptors (Lipinski definition) is 5. The van der Waals surface area contributed by atoms with Crippen LogP contribution in [0.2, 0.25) is 5.02 Å². The molecule has 0 saturated carbocycles. The van der Waals surface area contributed by atoms with E-state index in [9.17, 15) is 9.18 Å². The highest BCUT2D eigenvalue weighted by atomic mass is 79.9. The minimum absolute atomic E-state index is 0.0759. The monoisotopic (exact) mass is 489 g/mol. The molecule has 2 aromatic carbocycles. The highest BCUT2D eigenvalue weighted by Crippen LogP contribution is 2.41. The number of benzene rings is 2. The van der Waals surface area contributed by atoms with Crippen LogP contribution < -0.4 is 10.5 Å². The number of nitrogen functional groups attached to an aromatic ring is 1. The first kappa shape index (κ1) is 19.1. The predicted octanol–water partition coefficient (Wildman–Crippen LogP) is 4.23. The molecule has 3 heterocycles. The number of amides is 1. The van der Waals surface area contributed by atoms with Gasteiger partial charge in [0.25, 0.3) is 5.91 Å². The molecule has 1 unspecified atom stereocenters. The number of ether oxygens (including phenoxy) is 1. The Balaban J connectivity index is 1.58. The molecule has 7 nitrogen and oxygen atoms in total. The second-order valence-electron chi connectivity index (χ2n) is 7.01. The summed E-state index contributed by atoms with van der Waals surface area (Å²) in [5.41, 5.74) is 8.10. The van der Waals surface area contributed by atoms with Gasteiger partial charge in [-0.25, -0.2) is 14.4 Å². The largest absolute Gasteiger partial charge is 0.491 e. The summed E-state index contributed by atoms with van der Waals surface area (Å²) in [6, 6.07) is 5.81. The molecule has 0 bridgehead atoms. The lowest BCUT2D eigenvalue weighted by Crippen LogP contribution is -2.32. The molecule has 2 aromatic heterocycles. The normalized spacial score (nSPS) is 15.4. The van der Waals surface area contributed by atoms with Gasteiger partial charge < -0.3 is 15.4 Å². The van der Waals surface area contributed by atoms with Gasteiger partial charge in [-0.2, -0.15) is 0 Å². The minimum atomic E-state index is -0.679. The van der Waals surface area contributed by atoms with Crippen LogP contribution in [0.15, 0.2) is 41.3 Å². The van der Waals surface area contributed by atoms with Gasteiger partial charge in [0.2, 0.25) is 0 Å². The number of anilines is 1. The van der Waals surface area contributed by atoms with E-state index in [1.54, 1.807) is 30.0 Å². The lowest BCUT2D eigenvalue weighted by molar-refractivity contribution is 0.0704. The second kappa shape index (κ2) is 6.82. The molecule has 10 heteroatoms. The number of hydrogen-bond donors (Lipinski definition) is 1. The molecule has 0 spiro atoms. The first-order valence-corrected chi connectivity index (χ1v) is 10.1. The Hall–Kier alpha value is -2.91. The van der Waals surface area contributed by atoms with Gasteiger partial charge in [0.1, 0.15) is 29.5 Å². The van der Waals surface area contributed by atoms with E-state index in [1.165, 1.54) is 17.0 Å². The average molecular weight is 491 g/mol. The maximum absolute atomic E-state index is 14.9. The molecule has 30 heavy (non-hydrogen) atoms. The van der Waals surface area contributed by atoms with Crippen LogP contribution in [0.4, 0.5) is 10.2 Å². The Morgan fingerprint density at radius 1 is 1.37 bits per heavy atom. The minimum Gasteiger partial charge on any atom is -0.491 e. The van der Waals surface area contributed by atoms with Gasteiger partial charge in [-0.05, 0) is 28.1 Å². The van der Waals surface area contributed by atoms with Gasteiger partial charge in [-0.15, -0.1) is 0 Å². The Kier molecular flexibility index (Phi) is 4.33. The fourth-order valence-corrected chi connectivity index (χ4v) is 4.22. The molecule has 1 atom stereocenters. The molecule has 0 radical (unpaired) electrons. The van der Waals surface area contributed by atoms with Crippen LogP contribution in [-0.2, 0) is 0 Å². The quantitative estimate of drug-likeness (QED) is 0.455. The third kappa shape index (κ3) is 2.80. The molecular formula is C20H14BrClFN5O2. The molecule has 4 aromatic rings. The average Bonchev–Trinajstić information content (AvgIpc) is 3.35. The lowest BCUT2D eigenvalue weighted by atomic mass is 10.1. The van der Waals surface area contributed by atoms with E-state index in [4.69, 9.17) is 22.1 Å². The van der Waals surface area contributed by atoms with E-state index in [0.717, 1.165) is 5.56 Å². The molecule has 1 aliphatic heterocycles. The van der Waals surface area contributed by atoms with Crippen molar-refractivity contribution in [3.8, 4) is 5.75 Å². The Morgan fingerprint density at radius 2 is 2.17 bits per heavy atom. The van der Waals surface area contributed by atoms with Crippen molar-refractivity contribution in [2.45, 2.75) is 6.04 Å². The summed E-state index contributed by atoms with van der Waals surface area (Å²) in [5, 5.41) is 0.514. The first-order chi connectivity index (χ1) is 14.3. The summed E-state index contributed by atoms with van der Waals surface area (Å²) in [4.78, 5) is 23.0. The number of nitrogens with zero attached hydrogens (tertiary/aromatic N) is 4. The Morgan fingerprint density at radius 3 is 2.97 bits per heavy atom. The van der Waals surface area contributed by atoms with E-state index in [1.807, 2.05) is 6.07 Å². The van der Waals surface area contributed by atoms with E-state index in [-0.39, 0.29) is 24.0 Å². The summed E-state index contributed by atoms with van der Waals surface area (Å²) in [6.07, 6.45) is 3.11. The third-order valence-corrected chi connectivity index (χ3v) is 6.49. The zero-order valence-electron chi connectivity index (χ0n) is 15.6. The number of rotatable bonds is 2. The van der Waals surface area contributed by atoms with Crippen molar-refractivity contribution in [1.29, 1.82) is 0 Å². The maximum Gasteiger partial charge on any atom is 0.257 e. The van der Waals surface area contributed by atoms with E-state index in [0.29, 0.717) is 31.8 Å². The highest BCUT2D eigenvalue weighted by molar-refractivity contribution is 9.10. The van der Waals surface area contributed by atoms with Crippen molar-refractivity contribution in [2.24, 2.45) is 0 Å². The molecule has 1 amide bonds. The fraction of sp³-hybridized carbons (Fsp3) is 0.150. The standard InChI is InChI=1S/C20H14BrClFN5O2/c1-27(17-7-30-18-4-12(22)11(21)2-10(17)18)20(29)9-3-15-14(5-13(9)23)26-19(24)16-6-25-8-28(15)16/h2-6,8,17H,7H2,1H3,(H2,24,26). The van der Waals surface area contributed by atoms with E-state index in [2.05, 4.69) is 25.9 Å². The maximum atomic E-state index is 14.9. The van der Waals surface area contributed by atoms with E-state index >= 15 is 0 Å². The van der Waals surface area contributed by atoms with Gasteiger partial charge >= 0.3 is 0 Å². The summed E-state index contributed by atoms with van der Waals surface area (Å²) >= 11 is 9.52. The topological polar surface area (TPSA) is 85.8 Å². The summed E-state index contributed by atoms with van der Waals surface area (Å²) < 4.78 is 22.9. The van der Waals surface area contributed by atoms with Crippen molar-refractivity contribution in [3.63, 3.8) is 0 Å². The number of carbonyl (C=O) groups is 1. The number of carbonyl (C=O) groups excluding carboxylic acids is 1. The van der Waals surface area contributed by atoms with Crippen molar-refractivity contribution < 1.29 is 13.9 Å². The first-order valence-electron chi connectivity index (χ1n) is 8.95. The van der Waals surface area contributed by atoms with Gasteiger partial charge in [0, 0.05) is 29.2 Å². The lowest BCUT2D eigenvalue weighted by Gasteiger charge is -2.24. The number of likely N-dealkylation sites (N-methyl/N-ethyl adjacent to an activating group) is 1. The number of nitrogens with two attached hydrogens (primary N) is 1. The molecule has 2 N–H and O–H groups in total. The van der Waals surface area contributed by atoms with Crippen LogP contribution in [-0.4, -0.2) is 38.8 Å². The molecule has 5 rings (SSSR count). The summed E-state index contributed by atoms with van der Waals surface area (Å²) in [7, 11) is 1.62. The van der Waals surface area contributed by atoms with Crippen LogP contribution in [0, 0.1) is 5.82 Å². The van der Waals surface area contributed by atoms with Crippen LogP contribution in [0.25, 0.3) is 16.6 Å². The molecule has 1 aliphatic rings. The van der Waals surface area contributed by atoms with Crippen molar-refractivity contribution in [2.75, 3.05) is 19.4 Å². The summed E-state index contributed by atoms with van der Waals surface area (Å²) in [5.74, 6) is -0.319. The molecule has 0 fully saturated rings. The fourth-order valence-electron chi connectivity index (χ4n) is 3.70. The van der Waals surface area contributed by atoms with Gasteiger partial charge in [0.15, 0.2) is 0 Å². The van der Waals surface area contributed by atoms with Gasteiger partial charge in [-0.3, -0.25) is 9.20 Å². The predicted molar refractivity (Wildman–Crippen MR) is 114 cm³/mol. The van der Waals surface area contributed by atoms with Crippen molar-refractivity contribution >= 4 is 55.8 Å². The van der Waals surface area contributed by atoms with Gasteiger partial charge in [0.05, 0.1) is 40.2 Å². The van der Waals surface area contributed by atoms with Crippen LogP contribution in [0.3, 0.4) is 0 Å². The zero-order chi connectivity index (χ0) is 21.2. The number of imidazole rings is 1. The smallest absolute Gasteiger partial charge is 0.257 e.